The lowest BCUT2D eigenvalue weighted by Gasteiger charge is -2.16. The number of hydrogen-bond acceptors (Lipinski definition) is 2. The van der Waals surface area contributed by atoms with Crippen LogP contribution in [0.5, 0.6) is 5.75 Å². The van der Waals surface area contributed by atoms with Crippen molar-refractivity contribution in [2.45, 2.75) is 52.4 Å². The molecule has 3 nitrogen and oxygen atoms in total. The van der Waals surface area contributed by atoms with E-state index >= 15 is 0 Å². The number of benzene rings is 1. The summed E-state index contributed by atoms with van der Waals surface area (Å²) in [6.45, 7) is 6.80. The summed E-state index contributed by atoms with van der Waals surface area (Å²) in [5.74, 6) is 0.511. The van der Waals surface area contributed by atoms with E-state index in [-0.39, 0.29) is 6.42 Å². The summed E-state index contributed by atoms with van der Waals surface area (Å²) in [4.78, 5) is 10.4. The predicted octanol–water partition coefficient (Wildman–Crippen LogP) is 4.80. The zero-order chi connectivity index (χ0) is 15.1. The molecule has 0 aliphatic carbocycles. The minimum absolute atomic E-state index is 0.233. The number of hydrogen-bond donors (Lipinski definition) is 1. The van der Waals surface area contributed by atoms with Crippen LogP contribution in [0, 0.1) is 6.92 Å². The molecule has 1 aromatic carbocycles. The van der Waals surface area contributed by atoms with Crippen molar-refractivity contribution in [3.05, 3.63) is 28.3 Å². The molecule has 4 heteroatoms. The zero-order valence-corrected chi connectivity index (χ0v) is 13.2. The molecule has 0 fully saturated rings. The predicted molar refractivity (Wildman–Crippen MR) is 81.9 cm³/mol. The van der Waals surface area contributed by atoms with Crippen LogP contribution in [0.4, 0.5) is 0 Å². The summed E-state index contributed by atoms with van der Waals surface area (Å²) in [6.07, 6.45) is 2.68. The number of carboxylic acid groups (broad SMARTS) is 1. The van der Waals surface area contributed by atoms with Gasteiger partial charge in [0.2, 0.25) is 0 Å². The first-order chi connectivity index (χ1) is 9.41. The van der Waals surface area contributed by atoms with Crippen molar-refractivity contribution >= 4 is 17.6 Å². The molecule has 1 N–H and O–H groups in total. The van der Waals surface area contributed by atoms with Crippen molar-refractivity contribution < 1.29 is 14.6 Å². The van der Waals surface area contributed by atoms with E-state index in [2.05, 4.69) is 13.8 Å². The van der Waals surface area contributed by atoms with Gasteiger partial charge >= 0.3 is 5.97 Å². The van der Waals surface area contributed by atoms with E-state index in [4.69, 9.17) is 21.4 Å². The number of ether oxygens (including phenoxy) is 1. The molecule has 0 atom stereocenters. The fraction of sp³-hybridized carbons (Fsp3) is 0.562. The summed E-state index contributed by atoms with van der Waals surface area (Å²) in [6, 6.07) is 3.95. The van der Waals surface area contributed by atoms with Crippen molar-refractivity contribution in [2.24, 2.45) is 0 Å². The van der Waals surface area contributed by atoms with Crippen molar-refractivity contribution in [1.29, 1.82) is 0 Å². The normalized spacial score (nSPS) is 10.8. The monoisotopic (exact) mass is 298 g/mol. The first-order valence-electron chi connectivity index (χ1n) is 7.06. The highest BCUT2D eigenvalue weighted by molar-refractivity contribution is 6.31. The van der Waals surface area contributed by atoms with Gasteiger partial charge in [0.1, 0.15) is 5.75 Å². The first-order valence-corrected chi connectivity index (χ1v) is 7.44. The van der Waals surface area contributed by atoms with E-state index in [1.54, 1.807) is 0 Å². The smallest absolute Gasteiger partial charge is 0.303 e. The molecule has 0 bridgehead atoms. The molecule has 0 aromatic heterocycles. The second-order valence-corrected chi connectivity index (χ2v) is 5.75. The van der Waals surface area contributed by atoms with Crippen LogP contribution in [-0.2, 0) is 4.79 Å². The summed E-state index contributed by atoms with van der Waals surface area (Å²) in [5, 5.41) is 9.32. The Labute approximate surface area is 125 Å². The molecule has 112 valence electrons. The number of carbonyl (C=O) groups is 1. The van der Waals surface area contributed by atoms with Gasteiger partial charge in [0.15, 0.2) is 0 Å². The van der Waals surface area contributed by atoms with Gasteiger partial charge in [0.05, 0.1) is 6.61 Å². The Morgan fingerprint density at radius 2 is 2.00 bits per heavy atom. The minimum atomic E-state index is -0.735. The first kappa shape index (κ1) is 16.8. The third kappa shape index (κ3) is 5.41. The highest BCUT2D eigenvalue weighted by atomic mass is 35.5. The molecule has 0 heterocycles. The van der Waals surface area contributed by atoms with Gasteiger partial charge in [-0.15, -0.1) is 0 Å². The van der Waals surface area contributed by atoms with Crippen LogP contribution >= 0.6 is 11.6 Å². The van der Waals surface area contributed by atoms with Crippen LogP contribution in [0.1, 0.15) is 56.6 Å². The number of aryl methyl sites for hydroxylation is 1. The Kier molecular flexibility index (Phi) is 6.86. The number of halogens is 1. The molecule has 1 rings (SSSR count). The third-order valence-electron chi connectivity index (χ3n) is 3.21. The molecule has 0 unspecified atom stereocenters. The second kappa shape index (κ2) is 8.15. The molecule has 20 heavy (non-hydrogen) atoms. The third-order valence-corrected chi connectivity index (χ3v) is 3.61. The maximum Gasteiger partial charge on any atom is 0.303 e. The number of unbranched alkanes of at least 4 members (excludes halogenated alkanes) is 2. The largest absolute Gasteiger partial charge is 0.493 e. The minimum Gasteiger partial charge on any atom is -0.493 e. The molecule has 0 radical (unpaired) electrons. The molecular formula is C16H23ClO3. The number of carboxylic acids is 1. The van der Waals surface area contributed by atoms with Crippen LogP contribution < -0.4 is 4.74 Å². The zero-order valence-electron chi connectivity index (χ0n) is 12.4. The fourth-order valence-electron chi connectivity index (χ4n) is 1.98. The van der Waals surface area contributed by atoms with Crippen molar-refractivity contribution in [2.75, 3.05) is 6.61 Å². The van der Waals surface area contributed by atoms with Gasteiger partial charge in [-0.25, -0.2) is 0 Å². The highest BCUT2D eigenvalue weighted by Gasteiger charge is 2.11. The average molecular weight is 299 g/mol. The molecule has 0 aliphatic rings. The number of rotatable bonds is 8. The Balaban J connectivity index is 2.50. The van der Waals surface area contributed by atoms with Gasteiger partial charge in [-0.1, -0.05) is 25.4 Å². The Morgan fingerprint density at radius 1 is 1.30 bits per heavy atom. The lowest BCUT2D eigenvalue weighted by molar-refractivity contribution is -0.137. The Bertz CT molecular complexity index is 455. The molecule has 1 aromatic rings. The fourth-order valence-corrected chi connectivity index (χ4v) is 2.16. The quantitative estimate of drug-likeness (QED) is 0.701. The maximum absolute atomic E-state index is 10.4. The van der Waals surface area contributed by atoms with Gasteiger partial charge in [0.25, 0.3) is 0 Å². The topological polar surface area (TPSA) is 46.5 Å². The second-order valence-electron chi connectivity index (χ2n) is 5.35. The van der Waals surface area contributed by atoms with E-state index < -0.39 is 5.97 Å². The van der Waals surface area contributed by atoms with Crippen LogP contribution in [-0.4, -0.2) is 17.7 Å². The standard InChI is InChI=1S/C16H23ClO3/c1-11(2)13-10-14(17)12(3)9-15(13)20-8-6-4-5-7-16(18)19/h9-11H,4-8H2,1-3H3,(H,18,19). The lowest BCUT2D eigenvalue weighted by atomic mass is 10.0. The summed E-state index contributed by atoms with van der Waals surface area (Å²) in [5.41, 5.74) is 2.13. The van der Waals surface area contributed by atoms with E-state index in [0.717, 1.165) is 34.7 Å². The molecule has 0 amide bonds. The van der Waals surface area contributed by atoms with E-state index in [1.165, 1.54) is 0 Å². The highest BCUT2D eigenvalue weighted by Crippen LogP contribution is 2.32. The summed E-state index contributed by atoms with van der Waals surface area (Å²) >= 11 is 6.15. The van der Waals surface area contributed by atoms with Gasteiger partial charge in [-0.05, 0) is 55.4 Å². The van der Waals surface area contributed by atoms with Crippen molar-refractivity contribution in [1.82, 2.24) is 0 Å². The molecule has 0 saturated carbocycles. The maximum atomic E-state index is 10.4. The Morgan fingerprint density at radius 3 is 2.60 bits per heavy atom. The average Bonchev–Trinajstić information content (AvgIpc) is 2.36. The molecular weight excluding hydrogens is 276 g/mol. The molecule has 0 spiro atoms. The van der Waals surface area contributed by atoms with Gasteiger partial charge in [0, 0.05) is 11.4 Å². The van der Waals surface area contributed by atoms with E-state index in [0.29, 0.717) is 18.9 Å². The van der Waals surface area contributed by atoms with Gasteiger partial charge in [-0.2, -0.15) is 0 Å². The van der Waals surface area contributed by atoms with Crippen LogP contribution in [0.15, 0.2) is 12.1 Å². The SMILES string of the molecule is Cc1cc(OCCCCCC(=O)O)c(C(C)C)cc1Cl. The molecule has 0 aliphatic heterocycles. The van der Waals surface area contributed by atoms with Gasteiger partial charge in [-0.3, -0.25) is 4.79 Å². The number of aliphatic carboxylic acids is 1. The van der Waals surface area contributed by atoms with Crippen LogP contribution in [0.25, 0.3) is 0 Å². The summed E-state index contributed by atoms with van der Waals surface area (Å²) in [7, 11) is 0. The van der Waals surface area contributed by atoms with E-state index in [9.17, 15) is 4.79 Å². The molecule has 0 saturated heterocycles. The van der Waals surface area contributed by atoms with Gasteiger partial charge < -0.3 is 9.84 Å². The van der Waals surface area contributed by atoms with Crippen LogP contribution in [0.3, 0.4) is 0 Å². The lowest BCUT2D eigenvalue weighted by Crippen LogP contribution is -2.03. The van der Waals surface area contributed by atoms with E-state index in [1.807, 2.05) is 19.1 Å². The summed E-state index contributed by atoms with van der Waals surface area (Å²) < 4.78 is 5.84. The van der Waals surface area contributed by atoms with Crippen molar-refractivity contribution in [3.63, 3.8) is 0 Å². The Hall–Kier alpha value is -1.22. The van der Waals surface area contributed by atoms with Crippen LogP contribution in [0.2, 0.25) is 5.02 Å². The van der Waals surface area contributed by atoms with Crippen molar-refractivity contribution in [3.8, 4) is 5.75 Å².